The highest BCUT2D eigenvalue weighted by atomic mass is 32.1. The topological polar surface area (TPSA) is 77.5 Å². The van der Waals surface area contributed by atoms with Crippen molar-refractivity contribution in [2.24, 2.45) is 5.41 Å². The van der Waals surface area contributed by atoms with Crippen LogP contribution in [0.3, 0.4) is 0 Å². The summed E-state index contributed by atoms with van der Waals surface area (Å²) in [5, 5.41) is 17.6. The van der Waals surface area contributed by atoms with Gasteiger partial charge in [0, 0.05) is 32.6 Å². The molecule has 0 atom stereocenters. The molecule has 7 heteroatoms. The normalized spacial score (nSPS) is 11.3. The van der Waals surface area contributed by atoms with Crippen molar-refractivity contribution in [2.75, 3.05) is 32.1 Å². The number of carbonyl (C=O) groups excluding carboxylic acids is 1. The molecule has 0 bridgehead atoms. The first-order valence-electron chi connectivity index (χ1n) is 7.08. The molecule has 3 N–H and O–H groups in total. The molecule has 0 aliphatic heterocycles. The third kappa shape index (κ3) is 6.77. The number of nitrogens with zero attached hydrogens (tertiary/aromatic N) is 2. The highest BCUT2D eigenvalue weighted by Gasteiger charge is 2.15. The van der Waals surface area contributed by atoms with Gasteiger partial charge in [-0.2, -0.15) is 0 Å². The molecule has 1 heterocycles. The second kappa shape index (κ2) is 8.19. The molecule has 21 heavy (non-hydrogen) atoms. The van der Waals surface area contributed by atoms with Gasteiger partial charge in [0.25, 0.3) is 0 Å². The molecule has 0 saturated carbocycles. The summed E-state index contributed by atoms with van der Waals surface area (Å²) < 4.78 is 0. The molecule has 120 valence electrons. The van der Waals surface area contributed by atoms with E-state index in [1.54, 1.807) is 11.3 Å². The predicted octanol–water partition coefficient (Wildman–Crippen LogP) is 1.81. The quantitative estimate of drug-likeness (QED) is 0.640. The molecule has 0 aliphatic rings. The van der Waals surface area contributed by atoms with Crippen LogP contribution in [0.2, 0.25) is 0 Å². The van der Waals surface area contributed by atoms with E-state index >= 15 is 0 Å². The Morgan fingerprint density at radius 3 is 2.71 bits per heavy atom. The van der Waals surface area contributed by atoms with Gasteiger partial charge in [0.15, 0.2) is 5.13 Å². The van der Waals surface area contributed by atoms with E-state index in [9.17, 15) is 4.79 Å². The predicted molar refractivity (Wildman–Crippen MR) is 86.8 cm³/mol. The number of amides is 2. The molecule has 0 fully saturated rings. The van der Waals surface area contributed by atoms with Crippen LogP contribution in [0.5, 0.6) is 0 Å². The van der Waals surface area contributed by atoms with Gasteiger partial charge in [-0.05, 0) is 18.3 Å². The van der Waals surface area contributed by atoms with Gasteiger partial charge in [0.1, 0.15) is 0 Å². The zero-order valence-electron chi connectivity index (χ0n) is 13.3. The zero-order valence-corrected chi connectivity index (χ0v) is 14.1. The standard InChI is InChI=1S/C14H26N4O2S/c1-14(2,10-19)6-5-7-15-12(20)16-8-11-9-21-13(17-11)18(3)4/h9,19H,5-8,10H2,1-4H3,(H2,15,16,20). The molecule has 0 radical (unpaired) electrons. The van der Waals surface area contributed by atoms with E-state index in [2.05, 4.69) is 15.6 Å². The Balaban J connectivity index is 2.19. The van der Waals surface area contributed by atoms with Crippen molar-refractivity contribution in [2.45, 2.75) is 33.2 Å². The maximum absolute atomic E-state index is 11.6. The number of carbonyl (C=O) groups is 1. The minimum absolute atomic E-state index is 0.0820. The Labute approximate surface area is 130 Å². The maximum atomic E-state index is 11.6. The van der Waals surface area contributed by atoms with Crippen LogP contribution in [0.4, 0.5) is 9.93 Å². The number of nitrogens with one attached hydrogen (secondary N) is 2. The van der Waals surface area contributed by atoms with Crippen molar-refractivity contribution in [3.8, 4) is 0 Å². The second-order valence-corrected chi connectivity index (χ2v) is 6.89. The molecular weight excluding hydrogens is 288 g/mol. The summed E-state index contributed by atoms with van der Waals surface area (Å²) >= 11 is 1.56. The molecule has 0 spiro atoms. The fraction of sp³-hybridized carbons (Fsp3) is 0.714. The first-order chi connectivity index (χ1) is 9.84. The Morgan fingerprint density at radius 1 is 1.43 bits per heavy atom. The summed E-state index contributed by atoms with van der Waals surface area (Å²) in [5.41, 5.74) is 0.779. The van der Waals surface area contributed by atoms with E-state index in [1.807, 2.05) is 38.2 Å². The molecule has 0 aromatic carbocycles. The average molecular weight is 314 g/mol. The number of thiazole rings is 1. The van der Waals surface area contributed by atoms with Crippen molar-refractivity contribution in [1.29, 1.82) is 0 Å². The Morgan fingerprint density at radius 2 is 2.14 bits per heavy atom. The van der Waals surface area contributed by atoms with Gasteiger partial charge in [0.05, 0.1) is 12.2 Å². The summed E-state index contributed by atoms with van der Waals surface area (Å²) in [6.07, 6.45) is 1.73. The first kappa shape index (κ1) is 17.7. The van der Waals surface area contributed by atoms with Crippen LogP contribution < -0.4 is 15.5 Å². The van der Waals surface area contributed by atoms with Crippen molar-refractivity contribution < 1.29 is 9.90 Å². The van der Waals surface area contributed by atoms with Crippen molar-refractivity contribution in [3.05, 3.63) is 11.1 Å². The molecule has 1 aromatic heterocycles. The Kier molecular flexibility index (Phi) is 6.91. The van der Waals surface area contributed by atoms with E-state index < -0.39 is 0 Å². The smallest absolute Gasteiger partial charge is 0.315 e. The van der Waals surface area contributed by atoms with Crippen LogP contribution in [-0.2, 0) is 6.54 Å². The lowest BCUT2D eigenvalue weighted by molar-refractivity contribution is 0.148. The van der Waals surface area contributed by atoms with Gasteiger partial charge in [-0.15, -0.1) is 11.3 Å². The largest absolute Gasteiger partial charge is 0.396 e. The highest BCUT2D eigenvalue weighted by Crippen LogP contribution is 2.20. The van der Waals surface area contributed by atoms with Crippen LogP contribution in [-0.4, -0.2) is 43.4 Å². The van der Waals surface area contributed by atoms with Gasteiger partial charge >= 0.3 is 6.03 Å². The number of anilines is 1. The summed E-state index contributed by atoms with van der Waals surface area (Å²) in [4.78, 5) is 18.0. The lowest BCUT2D eigenvalue weighted by Gasteiger charge is -2.21. The fourth-order valence-corrected chi connectivity index (χ4v) is 2.42. The SMILES string of the molecule is CN(C)c1nc(CNC(=O)NCCCC(C)(C)CO)cs1. The Hall–Kier alpha value is -1.34. The van der Waals surface area contributed by atoms with Gasteiger partial charge in [0.2, 0.25) is 0 Å². The minimum Gasteiger partial charge on any atom is -0.396 e. The Bertz CT molecular complexity index is 446. The van der Waals surface area contributed by atoms with E-state index in [-0.39, 0.29) is 18.1 Å². The zero-order chi connectivity index (χ0) is 15.9. The van der Waals surface area contributed by atoms with E-state index in [1.165, 1.54) is 0 Å². The lowest BCUT2D eigenvalue weighted by Crippen LogP contribution is -2.36. The van der Waals surface area contributed by atoms with E-state index in [0.29, 0.717) is 13.1 Å². The fourth-order valence-electron chi connectivity index (χ4n) is 1.66. The van der Waals surface area contributed by atoms with Gasteiger partial charge in [-0.3, -0.25) is 0 Å². The van der Waals surface area contributed by atoms with Crippen LogP contribution in [0.1, 0.15) is 32.4 Å². The van der Waals surface area contributed by atoms with Crippen LogP contribution in [0, 0.1) is 5.41 Å². The van der Waals surface area contributed by atoms with Crippen molar-refractivity contribution in [3.63, 3.8) is 0 Å². The monoisotopic (exact) mass is 314 g/mol. The second-order valence-electron chi connectivity index (χ2n) is 6.05. The molecule has 0 saturated heterocycles. The number of hydrogen-bond donors (Lipinski definition) is 3. The first-order valence-corrected chi connectivity index (χ1v) is 7.96. The number of aromatic nitrogens is 1. The summed E-state index contributed by atoms with van der Waals surface area (Å²) in [7, 11) is 3.88. The number of aliphatic hydroxyl groups excluding tert-OH is 1. The van der Waals surface area contributed by atoms with Crippen LogP contribution in [0.25, 0.3) is 0 Å². The van der Waals surface area contributed by atoms with Crippen LogP contribution >= 0.6 is 11.3 Å². The molecule has 1 aromatic rings. The average Bonchev–Trinajstić information content (AvgIpc) is 2.90. The number of aliphatic hydroxyl groups is 1. The van der Waals surface area contributed by atoms with E-state index in [4.69, 9.17) is 5.11 Å². The van der Waals surface area contributed by atoms with Crippen molar-refractivity contribution in [1.82, 2.24) is 15.6 Å². The number of urea groups is 1. The van der Waals surface area contributed by atoms with E-state index in [0.717, 1.165) is 23.7 Å². The van der Waals surface area contributed by atoms with Gasteiger partial charge in [-0.1, -0.05) is 13.8 Å². The summed E-state index contributed by atoms with van der Waals surface area (Å²) in [5.74, 6) is 0. The molecule has 2 amide bonds. The highest BCUT2D eigenvalue weighted by molar-refractivity contribution is 7.13. The van der Waals surface area contributed by atoms with Gasteiger partial charge < -0.3 is 20.6 Å². The van der Waals surface area contributed by atoms with Crippen LogP contribution in [0.15, 0.2) is 5.38 Å². The summed E-state index contributed by atoms with van der Waals surface area (Å²) in [6, 6.07) is -0.184. The molecule has 6 nitrogen and oxygen atoms in total. The molecular formula is C14H26N4O2S. The molecule has 1 rings (SSSR count). The molecule has 0 unspecified atom stereocenters. The molecule has 0 aliphatic carbocycles. The van der Waals surface area contributed by atoms with Crippen molar-refractivity contribution >= 4 is 22.5 Å². The lowest BCUT2D eigenvalue weighted by atomic mass is 9.89. The number of hydrogen-bond acceptors (Lipinski definition) is 5. The summed E-state index contributed by atoms with van der Waals surface area (Å²) in [6.45, 7) is 5.22. The third-order valence-corrected chi connectivity index (χ3v) is 4.15. The minimum atomic E-state index is -0.184. The van der Waals surface area contributed by atoms with Gasteiger partial charge in [-0.25, -0.2) is 9.78 Å². The maximum Gasteiger partial charge on any atom is 0.315 e. The number of rotatable bonds is 8. The third-order valence-electron chi connectivity index (χ3n) is 3.10.